The third-order valence-corrected chi connectivity index (χ3v) is 3.60. The van der Waals surface area contributed by atoms with Gasteiger partial charge in [-0.3, -0.25) is 0 Å². The fraction of sp³-hybridized carbons (Fsp3) is 0.200. The van der Waals surface area contributed by atoms with Crippen LogP contribution in [0.5, 0.6) is 0 Å². The van der Waals surface area contributed by atoms with E-state index in [0.29, 0.717) is 0 Å². The van der Waals surface area contributed by atoms with E-state index in [1.807, 2.05) is 22.8 Å². The minimum absolute atomic E-state index is 0.266. The molecule has 0 radical (unpaired) electrons. The van der Waals surface area contributed by atoms with Crippen molar-refractivity contribution in [1.29, 1.82) is 0 Å². The summed E-state index contributed by atoms with van der Waals surface area (Å²) in [5.41, 5.74) is 7.24. The van der Waals surface area contributed by atoms with Crippen LogP contribution >= 0.6 is 0 Å². The molecule has 0 spiro atoms. The number of hydrogen-bond acceptors (Lipinski definition) is 4. The molecule has 3 aromatic rings. The summed E-state index contributed by atoms with van der Waals surface area (Å²) < 4.78 is 1.86. The smallest absolute Gasteiger partial charge is 0.154 e. The first-order valence-corrected chi connectivity index (χ1v) is 6.68. The first-order valence-electron chi connectivity index (χ1n) is 6.68. The SMILES string of the molecule is c1cc(-c2cnc3cccnn23)cc([C@H]2CCON2)c1. The van der Waals surface area contributed by atoms with Gasteiger partial charge >= 0.3 is 0 Å². The van der Waals surface area contributed by atoms with Crippen molar-refractivity contribution in [3.63, 3.8) is 0 Å². The van der Waals surface area contributed by atoms with Crippen LogP contribution in [-0.2, 0) is 4.84 Å². The Morgan fingerprint density at radius 1 is 1.25 bits per heavy atom. The Bertz CT molecular complexity index is 746. The Labute approximate surface area is 116 Å². The second-order valence-electron chi connectivity index (χ2n) is 4.87. The molecule has 2 aromatic heterocycles. The molecule has 0 amide bonds. The number of hydroxylamine groups is 1. The van der Waals surface area contributed by atoms with Crippen molar-refractivity contribution in [3.05, 3.63) is 54.4 Å². The van der Waals surface area contributed by atoms with E-state index in [2.05, 4.69) is 39.8 Å². The fourth-order valence-electron chi connectivity index (χ4n) is 2.57. The van der Waals surface area contributed by atoms with Crippen molar-refractivity contribution in [3.8, 4) is 11.3 Å². The minimum Gasteiger partial charge on any atom is -0.301 e. The van der Waals surface area contributed by atoms with Crippen LogP contribution in [0.2, 0.25) is 0 Å². The largest absolute Gasteiger partial charge is 0.301 e. The highest BCUT2D eigenvalue weighted by Crippen LogP contribution is 2.26. The summed E-state index contributed by atoms with van der Waals surface area (Å²) in [6, 6.07) is 12.5. The predicted molar refractivity (Wildman–Crippen MR) is 74.9 cm³/mol. The van der Waals surface area contributed by atoms with Gasteiger partial charge < -0.3 is 4.84 Å². The first-order chi connectivity index (χ1) is 9.92. The van der Waals surface area contributed by atoms with E-state index in [1.165, 1.54) is 5.56 Å². The van der Waals surface area contributed by atoms with Crippen molar-refractivity contribution in [2.24, 2.45) is 0 Å². The average Bonchev–Trinajstić information content (AvgIpc) is 3.17. The topological polar surface area (TPSA) is 51.5 Å². The second kappa shape index (κ2) is 4.70. The molecule has 100 valence electrons. The van der Waals surface area contributed by atoms with Gasteiger partial charge in [-0.05, 0) is 30.2 Å². The molecule has 1 aliphatic heterocycles. The lowest BCUT2D eigenvalue weighted by molar-refractivity contribution is 0.0883. The van der Waals surface area contributed by atoms with Crippen LogP contribution in [0, 0.1) is 0 Å². The predicted octanol–water partition coefficient (Wildman–Crippen LogP) is 2.36. The van der Waals surface area contributed by atoms with Crippen LogP contribution in [0.25, 0.3) is 16.9 Å². The van der Waals surface area contributed by atoms with Crippen LogP contribution in [0.3, 0.4) is 0 Å². The van der Waals surface area contributed by atoms with Crippen LogP contribution < -0.4 is 5.48 Å². The van der Waals surface area contributed by atoms with Crippen LogP contribution in [0.1, 0.15) is 18.0 Å². The maximum absolute atomic E-state index is 5.23. The third kappa shape index (κ3) is 1.88. The number of benzene rings is 1. The van der Waals surface area contributed by atoms with Crippen molar-refractivity contribution >= 4 is 5.65 Å². The quantitative estimate of drug-likeness (QED) is 0.773. The average molecular weight is 266 g/mol. The van der Waals surface area contributed by atoms with Gasteiger partial charge in [0.15, 0.2) is 5.65 Å². The zero-order chi connectivity index (χ0) is 13.4. The first kappa shape index (κ1) is 11.6. The lowest BCUT2D eigenvalue weighted by atomic mass is 10.0. The molecular formula is C15H14N4O. The van der Waals surface area contributed by atoms with Crippen LogP contribution in [0.4, 0.5) is 0 Å². The molecule has 0 unspecified atom stereocenters. The van der Waals surface area contributed by atoms with Gasteiger partial charge in [-0.15, -0.1) is 0 Å². The number of fused-ring (bicyclic) bond motifs is 1. The third-order valence-electron chi connectivity index (χ3n) is 3.60. The summed E-state index contributed by atoms with van der Waals surface area (Å²) in [5, 5.41) is 4.36. The number of nitrogens with one attached hydrogen (secondary N) is 1. The van der Waals surface area contributed by atoms with Gasteiger partial charge in [-0.1, -0.05) is 18.2 Å². The number of imidazole rings is 1. The molecule has 1 fully saturated rings. The van der Waals surface area contributed by atoms with E-state index in [0.717, 1.165) is 29.9 Å². The molecule has 1 atom stereocenters. The molecule has 0 bridgehead atoms. The second-order valence-corrected chi connectivity index (χ2v) is 4.87. The molecule has 4 rings (SSSR count). The van der Waals surface area contributed by atoms with E-state index < -0.39 is 0 Å². The van der Waals surface area contributed by atoms with Gasteiger partial charge in [0.2, 0.25) is 0 Å². The molecule has 1 N–H and O–H groups in total. The molecule has 1 aromatic carbocycles. The lowest BCUT2D eigenvalue weighted by Crippen LogP contribution is -2.11. The zero-order valence-corrected chi connectivity index (χ0v) is 10.9. The number of aromatic nitrogens is 3. The number of nitrogens with zero attached hydrogens (tertiary/aromatic N) is 3. The summed E-state index contributed by atoms with van der Waals surface area (Å²) >= 11 is 0. The molecule has 5 nitrogen and oxygen atoms in total. The zero-order valence-electron chi connectivity index (χ0n) is 10.9. The highest BCUT2D eigenvalue weighted by Gasteiger charge is 2.18. The van der Waals surface area contributed by atoms with Crippen molar-refractivity contribution in [2.45, 2.75) is 12.5 Å². The molecule has 1 aliphatic rings. The Hall–Kier alpha value is -2.24. The maximum Gasteiger partial charge on any atom is 0.154 e. The van der Waals surface area contributed by atoms with Gasteiger partial charge in [0, 0.05) is 11.8 Å². The van der Waals surface area contributed by atoms with Crippen LogP contribution in [-0.4, -0.2) is 21.2 Å². The van der Waals surface area contributed by atoms with E-state index in [1.54, 1.807) is 6.20 Å². The Balaban J connectivity index is 1.80. The van der Waals surface area contributed by atoms with Gasteiger partial charge in [0.05, 0.1) is 24.5 Å². The van der Waals surface area contributed by atoms with E-state index in [9.17, 15) is 0 Å². The summed E-state index contributed by atoms with van der Waals surface area (Å²) in [5.74, 6) is 0. The maximum atomic E-state index is 5.23. The number of hydrogen-bond donors (Lipinski definition) is 1. The molecule has 0 aliphatic carbocycles. The van der Waals surface area contributed by atoms with E-state index in [-0.39, 0.29) is 6.04 Å². The van der Waals surface area contributed by atoms with Crippen molar-refractivity contribution in [2.75, 3.05) is 6.61 Å². The molecule has 20 heavy (non-hydrogen) atoms. The Morgan fingerprint density at radius 2 is 2.25 bits per heavy atom. The minimum atomic E-state index is 0.266. The van der Waals surface area contributed by atoms with Gasteiger partial charge in [-0.25, -0.2) is 9.50 Å². The Morgan fingerprint density at radius 3 is 3.15 bits per heavy atom. The van der Waals surface area contributed by atoms with Crippen LogP contribution in [0.15, 0.2) is 48.8 Å². The standard InChI is InChI=1S/C15H14N4O/c1-3-11(13-6-8-20-18-13)9-12(4-1)14-10-16-15-5-2-7-17-19(14)15/h1-5,7,9-10,13,18H,6,8H2/t13-/m1/s1. The number of rotatable bonds is 2. The van der Waals surface area contributed by atoms with Gasteiger partial charge in [0.1, 0.15) is 0 Å². The van der Waals surface area contributed by atoms with Crippen molar-refractivity contribution < 1.29 is 4.84 Å². The van der Waals surface area contributed by atoms with E-state index >= 15 is 0 Å². The molecule has 3 heterocycles. The summed E-state index contributed by atoms with van der Waals surface area (Å²) in [6.07, 6.45) is 4.63. The van der Waals surface area contributed by atoms with Crippen molar-refractivity contribution in [1.82, 2.24) is 20.1 Å². The molecular weight excluding hydrogens is 252 g/mol. The van der Waals surface area contributed by atoms with E-state index in [4.69, 9.17) is 4.84 Å². The summed E-state index contributed by atoms with van der Waals surface area (Å²) in [7, 11) is 0. The van der Waals surface area contributed by atoms with Gasteiger partial charge in [0.25, 0.3) is 0 Å². The highest BCUT2D eigenvalue weighted by molar-refractivity contribution is 5.63. The molecule has 1 saturated heterocycles. The normalized spacial score (nSPS) is 18.7. The summed E-state index contributed by atoms with van der Waals surface area (Å²) in [4.78, 5) is 9.61. The summed E-state index contributed by atoms with van der Waals surface area (Å²) in [6.45, 7) is 0.756. The Kier molecular flexibility index (Phi) is 2.72. The molecule has 5 heteroatoms. The molecule has 0 saturated carbocycles. The van der Waals surface area contributed by atoms with Gasteiger partial charge in [-0.2, -0.15) is 10.6 Å². The monoisotopic (exact) mass is 266 g/mol. The fourth-order valence-corrected chi connectivity index (χ4v) is 2.57. The highest BCUT2D eigenvalue weighted by atomic mass is 16.7. The lowest BCUT2D eigenvalue weighted by Gasteiger charge is -2.10.